The van der Waals surface area contributed by atoms with Gasteiger partial charge in [-0.3, -0.25) is 15.1 Å². The van der Waals surface area contributed by atoms with Crippen LogP contribution >= 0.6 is 0 Å². The molecule has 2 saturated heterocycles. The summed E-state index contributed by atoms with van der Waals surface area (Å²) >= 11 is 0. The summed E-state index contributed by atoms with van der Waals surface area (Å²) in [5.41, 5.74) is 3.26. The van der Waals surface area contributed by atoms with Crippen LogP contribution < -0.4 is 11.1 Å². The summed E-state index contributed by atoms with van der Waals surface area (Å²) in [7, 11) is 0. The molecular formula is C20H33N4O10+. The fraction of sp³-hybridized carbons (Fsp3) is 0.750. The molecule has 34 heavy (non-hydrogen) atoms. The molecule has 14 nitrogen and oxygen atoms in total. The van der Waals surface area contributed by atoms with Crippen molar-refractivity contribution in [1.29, 1.82) is 0 Å². The van der Waals surface area contributed by atoms with Crippen LogP contribution in [0, 0.1) is 5.92 Å². The highest BCUT2D eigenvalue weighted by Crippen LogP contribution is 2.43. The first-order chi connectivity index (χ1) is 15.8. The van der Waals surface area contributed by atoms with Gasteiger partial charge in [-0.2, -0.15) is 4.48 Å². The maximum atomic E-state index is 13.6. The van der Waals surface area contributed by atoms with E-state index in [2.05, 4.69) is 10.3 Å². The molecule has 0 saturated carbocycles. The molecule has 3 aliphatic heterocycles. The lowest BCUT2D eigenvalue weighted by atomic mass is 9.94. The molecule has 2 unspecified atom stereocenters. The normalized spacial score (nSPS) is 44.6. The predicted molar refractivity (Wildman–Crippen MR) is 113 cm³/mol. The van der Waals surface area contributed by atoms with Gasteiger partial charge in [-0.25, -0.2) is 4.79 Å². The Morgan fingerprint density at radius 2 is 1.82 bits per heavy atom. The van der Waals surface area contributed by atoms with Gasteiger partial charge in [0.15, 0.2) is 11.7 Å². The summed E-state index contributed by atoms with van der Waals surface area (Å²) in [6, 6.07) is -1.90. The molecule has 0 aromatic rings. The molecule has 192 valence electrons. The number of nitrogens with two attached hydrogens (primary N) is 1. The molecule has 0 bridgehead atoms. The van der Waals surface area contributed by atoms with Crippen molar-refractivity contribution in [2.24, 2.45) is 16.6 Å². The van der Waals surface area contributed by atoms with Gasteiger partial charge in [0.1, 0.15) is 42.5 Å². The Balaban J connectivity index is 2.13. The first-order valence-corrected chi connectivity index (χ1v) is 10.9. The number of hydrogen-bond donors (Lipinski definition) is 8. The number of amidine groups is 1. The van der Waals surface area contributed by atoms with Crippen molar-refractivity contribution >= 4 is 17.8 Å². The minimum Gasteiger partial charge on any atom is -0.394 e. The highest BCUT2D eigenvalue weighted by atomic mass is 16.6. The van der Waals surface area contributed by atoms with Crippen LogP contribution in [-0.2, 0) is 14.3 Å². The van der Waals surface area contributed by atoms with Crippen molar-refractivity contribution < 1.29 is 54.2 Å². The zero-order valence-electron chi connectivity index (χ0n) is 19.1. The van der Waals surface area contributed by atoms with E-state index in [0.29, 0.717) is 0 Å². The summed E-state index contributed by atoms with van der Waals surface area (Å²) < 4.78 is 10.2. The quantitative estimate of drug-likeness (QED) is 0.163. The Morgan fingerprint density at radius 1 is 1.21 bits per heavy atom. The van der Waals surface area contributed by atoms with Crippen LogP contribution in [0.3, 0.4) is 0 Å². The monoisotopic (exact) mass is 489 g/mol. The van der Waals surface area contributed by atoms with Crippen molar-refractivity contribution in [3.05, 3.63) is 12.3 Å². The fourth-order valence-electron chi connectivity index (χ4n) is 4.60. The molecule has 3 aliphatic rings. The van der Waals surface area contributed by atoms with Crippen LogP contribution in [0.15, 0.2) is 17.3 Å². The molecular weight excluding hydrogens is 456 g/mol. The van der Waals surface area contributed by atoms with E-state index in [0.717, 1.165) is 0 Å². The first-order valence-electron chi connectivity index (χ1n) is 10.9. The van der Waals surface area contributed by atoms with Crippen LogP contribution in [0.25, 0.3) is 0 Å². The van der Waals surface area contributed by atoms with Crippen LogP contribution in [-0.4, -0.2) is 121 Å². The van der Waals surface area contributed by atoms with Gasteiger partial charge in [0.25, 0.3) is 0 Å². The van der Waals surface area contributed by atoms with E-state index in [1.807, 2.05) is 0 Å². The highest BCUT2D eigenvalue weighted by molar-refractivity contribution is 6.05. The van der Waals surface area contributed by atoms with Crippen LogP contribution in [0.1, 0.15) is 20.8 Å². The lowest BCUT2D eigenvalue weighted by Crippen LogP contribution is -2.73. The highest BCUT2D eigenvalue weighted by Gasteiger charge is 2.70. The number of quaternary nitrogens is 1. The van der Waals surface area contributed by atoms with Crippen molar-refractivity contribution in [3.8, 4) is 0 Å². The summed E-state index contributed by atoms with van der Waals surface area (Å²) in [6.07, 6.45) is -8.20. The Morgan fingerprint density at radius 3 is 2.26 bits per heavy atom. The van der Waals surface area contributed by atoms with Gasteiger partial charge in [-0.1, -0.05) is 13.8 Å². The average molecular weight is 490 g/mol. The predicted octanol–water partition coefficient (Wildman–Crippen LogP) is -3.78. The van der Waals surface area contributed by atoms with Crippen molar-refractivity contribution in [2.75, 3.05) is 13.2 Å². The lowest BCUT2D eigenvalue weighted by Gasteiger charge is -2.45. The number of nitrogens with zero attached hydrogens (tertiary/aromatic N) is 2. The molecule has 0 aromatic carbocycles. The van der Waals surface area contributed by atoms with Gasteiger partial charge in [0, 0.05) is 6.08 Å². The van der Waals surface area contributed by atoms with E-state index < -0.39 is 84.3 Å². The number of carbonyl (C=O) groups excluding carboxylic acids is 2. The number of aliphatic hydroxyl groups is 6. The number of ether oxygens (including phenoxy) is 2. The molecule has 10 atom stereocenters. The molecule has 0 aromatic heterocycles. The van der Waals surface area contributed by atoms with E-state index >= 15 is 0 Å². The summed E-state index contributed by atoms with van der Waals surface area (Å²) in [5.74, 6) is -1.04. The number of rotatable bonds is 7. The van der Waals surface area contributed by atoms with Crippen LogP contribution in [0.5, 0.6) is 0 Å². The minimum absolute atomic E-state index is 0.0418. The third-order valence-electron chi connectivity index (χ3n) is 6.53. The largest absolute Gasteiger partial charge is 0.431 e. The van der Waals surface area contributed by atoms with Gasteiger partial charge in [0.2, 0.25) is 18.4 Å². The molecule has 9 N–H and O–H groups in total. The maximum Gasteiger partial charge on any atom is 0.431 e. The molecule has 3 rings (SSSR count). The SMILES string of the molecule is CC(C)C(N=C1C=C[N+]([C@@H]2O[C@H](CO)[C@@H](O)[C@H]2O)([C@@H]2O[C@H](CO)[C@@H](O)[C@@]2(C)O)C(=O)N1)C(N)=O. The fourth-order valence-corrected chi connectivity index (χ4v) is 4.60. The van der Waals surface area contributed by atoms with Gasteiger partial charge < -0.3 is 45.8 Å². The van der Waals surface area contributed by atoms with Gasteiger partial charge in [0.05, 0.1) is 13.2 Å². The number of aliphatic hydroxyl groups excluding tert-OH is 5. The molecule has 2 fully saturated rings. The zero-order chi connectivity index (χ0) is 25.6. The summed E-state index contributed by atoms with van der Waals surface area (Å²) in [6.45, 7) is 3.26. The van der Waals surface area contributed by atoms with E-state index in [4.69, 9.17) is 15.2 Å². The second-order valence-corrected chi connectivity index (χ2v) is 9.29. The third-order valence-corrected chi connectivity index (χ3v) is 6.53. The van der Waals surface area contributed by atoms with E-state index in [-0.39, 0.29) is 11.8 Å². The second-order valence-electron chi connectivity index (χ2n) is 9.29. The average Bonchev–Trinajstić information content (AvgIpc) is 3.19. The van der Waals surface area contributed by atoms with Crippen molar-refractivity contribution in [2.45, 2.75) is 75.4 Å². The maximum absolute atomic E-state index is 13.6. The van der Waals surface area contributed by atoms with Crippen molar-refractivity contribution in [1.82, 2.24) is 5.32 Å². The number of urea groups is 1. The smallest absolute Gasteiger partial charge is 0.394 e. The minimum atomic E-state index is -2.14. The lowest BCUT2D eigenvalue weighted by molar-refractivity contribution is -0.907. The number of carbonyl (C=O) groups is 2. The van der Waals surface area contributed by atoms with E-state index in [1.165, 1.54) is 19.2 Å². The van der Waals surface area contributed by atoms with E-state index in [9.17, 15) is 40.2 Å². The Labute approximate surface area is 195 Å². The number of amides is 3. The molecule has 0 spiro atoms. The van der Waals surface area contributed by atoms with Crippen LogP contribution in [0.2, 0.25) is 0 Å². The van der Waals surface area contributed by atoms with Crippen molar-refractivity contribution in [3.63, 3.8) is 0 Å². The summed E-state index contributed by atoms with van der Waals surface area (Å²) in [4.78, 5) is 29.5. The molecule has 14 heteroatoms. The number of hydrogen-bond acceptors (Lipinski definition) is 11. The molecule has 0 aliphatic carbocycles. The molecule has 3 amide bonds. The van der Waals surface area contributed by atoms with E-state index in [1.54, 1.807) is 13.8 Å². The number of aliphatic imine (C=N–C) groups is 1. The standard InChI is InChI=1S/C20H32N4O10/c1-8(2)12(16(21)30)22-11-4-5-24(19(31)23-11,17-14(28)13(27)9(6-25)33-17)18-20(3,32)15(29)10(7-26)34-18/h4-5,8-10,12-15,17-18,25-29,32H,6-7H2,1-3H3,(H2-,21,22,23,30,31)/p+1/t9-,10-,12?,13-,14-,15-,17-,18-,20-,24?/m1/s1. The Hall–Kier alpha value is -2.01. The number of primary amides is 1. The summed E-state index contributed by atoms with van der Waals surface area (Å²) in [5, 5.41) is 64.2. The Bertz CT molecular complexity index is 864. The third kappa shape index (κ3) is 4.14. The van der Waals surface area contributed by atoms with Gasteiger partial charge in [-0.05, 0) is 12.8 Å². The zero-order valence-corrected chi connectivity index (χ0v) is 19.1. The Kier molecular flexibility index (Phi) is 7.48. The number of nitrogens with one attached hydrogen (secondary N) is 1. The molecule has 3 heterocycles. The van der Waals surface area contributed by atoms with Gasteiger partial charge in [-0.15, -0.1) is 0 Å². The van der Waals surface area contributed by atoms with Crippen LogP contribution in [0.4, 0.5) is 4.79 Å². The first kappa shape index (κ1) is 26.6. The van der Waals surface area contributed by atoms with Gasteiger partial charge >= 0.3 is 6.03 Å². The topological polar surface area (TPSA) is 224 Å². The molecule has 0 radical (unpaired) electrons. The second kappa shape index (κ2) is 9.56.